The number of carbonyl (C=O) groups excluding carboxylic acids is 2. The van der Waals surface area contributed by atoms with E-state index in [0.717, 1.165) is 36.4 Å². The van der Waals surface area contributed by atoms with Crippen LogP contribution in [0.2, 0.25) is 0 Å². The molecule has 1 atom stereocenters. The summed E-state index contributed by atoms with van der Waals surface area (Å²) in [6.45, 7) is 3.45. The van der Waals surface area contributed by atoms with Crippen molar-refractivity contribution in [2.24, 2.45) is 0 Å². The lowest BCUT2D eigenvalue weighted by Crippen LogP contribution is -2.43. The fraction of sp³-hybridized carbons (Fsp3) is 0.556. The van der Waals surface area contributed by atoms with Crippen LogP contribution in [0, 0.1) is 0 Å². The number of nitrogens with zero attached hydrogens (tertiary/aromatic N) is 2. The van der Waals surface area contributed by atoms with E-state index in [2.05, 4.69) is 18.3 Å². The van der Waals surface area contributed by atoms with Crippen molar-refractivity contribution in [3.63, 3.8) is 0 Å². The molecule has 1 aromatic rings. The normalized spacial score (nSPS) is 20.5. The Bertz CT molecular complexity index is 618. The van der Waals surface area contributed by atoms with E-state index in [9.17, 15) is 9.59 Å². The van der Waals surface area contributed by atoms with Crippen molar-refractivity contribution in [1.29, 1.82) is 0 Å². The maximum Gasteiger partial charge on any atom is 0.241 e. The Balaban J connectivity index is 1.62. The number of anilines is 1. The summed E-state index contributed by atoms with van der Waals surface area (Å²) >= 11 is 1.83. The predicted molar refractivity (Wildman–Crippen MR) is 97.4 cm³/mol. The number of carbonyl (C=O) groups is 2. The molecule has 24 heavy (non-hydrogen) atoms. The largest absolute Gasteiger partial charge is 0.352 e. The maximum atomic E-state index is 12.8. The topological polar surface area (TPSA) is 52.7 Å². The van der Waals surface area contributed by atoms with E-state index in [1.165, 1.54) is 0 Å². The van der Waals surface area contributed by atoms with Gasteiger partial charge in [0.25, 0.3) is 0 Å². The molecule has 0 bridgehead atoms. The van der Waals surface area contributed by atoms with Crippen molar-refractivity contribution in [3.05, 3.63) is 24.3 Å². The van der Waals surface area contributed by atoms with Crippen molar-refractivity contribution in [2.45, 2.75) is 42.4 Å². The zero-order valence-corrected chi connectivity index (χ0v) is 15.1. The predicted octanol–water partition coefficient (Wildman–Crippen LogP) is 2.11. The van der Waals surface area contributed by atoms with E-state index >= 15 is 0 Å². The highest BCUT2D eigenvalue weighted by molar-refractivity contribution is 8.00. The van der Waals surface area contributed by atoms with Gasteiger partial charge in [0.15, 0.2) is 0 Å². The van der Waals surface area contributed by atoms with Crippen molar-refractivity contribution in [3.8, 4) is 0 Å². The summed E-state index contributed by atoms with van der Waals surface area (Å²) in [6.07, 6.45) is 3.13. The Morgan fingerprint density at radius 3 is 2.75 bits per heavy atom. The lowest BCUT2D eigenvalue weighted by molar-refractivity contribution is -0.123. The van der Waals surface area contributed by atoms with Gasteiger partial charge in [-0.3, -0.25) is 14.5 Å². The highest BCUT2D eigenvalue weighted by Gasteiger charge is 2.26. The molecule has 1 aliphatic carbocycles. The first-order valence-corrected chi connectivity index (χ1v) is 9.45. The molecule has 1 fully saturated rings. The Hall–Kier alpha value is -1.53. The average Bonchev–Trinajstić information content (AvgIpc) is 3.33. The van der Waals surface area contributed by atoms with Gasteiger partial charge in [0.1, 0.15) is 0 Å². The summed E-state index contributed by atoms with van der Waals surface area (Å²) in [5, 5.41) is 3.45. The van der Waals surface area contributed by atoms with Gasteiger partial charge in [-0.2, -0.15) is 0 Å². The quantitative estimate of drug-likeness (QED) is 0.886. The van der Waals surface area contributed by atoms with Crippen LogP contribution in [0.4, 0.5) is 5.69 Å². The van der Waals surface area contributed by atoms with Crippen LogP contribution in [0.3, 0.4) is 0 Å². The molecular formula is C18H25N3O2S. The second-order valence-electron chi connectivity index (χ2n) is 6.74. The van der Waals surface area contributed by atoms with Gasteiger partial charge in [0, 0.05) is 22.7 Å². The molecule has 2 amide bonds. The lowest BCUT2D eigenvalue weighted by Gasteiger charge is -2.25. The van der Waals surface area contributed by atoms with Gasteiger partial charge in [0.05, 0.1) is 18.8 Å². The van der Waals surface area contributed by atoms with Crippen LogP contribution in [0.5, 0.6) is 0 Å². The minimum atomic E-state index is 0.00763. The molecule has 6 heteroatoms. The van der Waals surface area contributed by atoms with Crippen LogP contribution < -0.4 is 10.2 Å². The molecule has 0 aromatic heterocycles. The van der Waals surface area contributed by atoms with E-state index < -0.39 is 0 Å². The Kier molecular flexibility index (Phi) is 5.46. The van der Waals surface area contributed by atoms with E-state index in [1.807, 2.05) is 41.9 Å². The summed E-state index contributed by atoms with van der Waals surface area (Å²) in [6, 6.07) is 8.44. The van der Waals surface area contributed by atoms with Gasteiger partial charge in [-0.1, -0.05) is 19.1 Å². The number of hydrogen-bond donors (Lipinski definition) is 1. The number of benzene rings is 1. The first kappa shape index (κ1) is 17.3. The van der Waals surface area contributed by atoms with Crippen LogP contribution in [0.15, 0.2) is 29.2 Å². The molecule has 1 N–H and O–H groups in total. The number of thioether (sulfide) groups is 1. The van der Waals surface area contributed by atoms with Crippen molar-refractivity contribution >= 4 is 29.3 Å². The second-order valence-corrected chi connectivity index (χ2v) is 8.22. The van der Waals surface area contributed by atoms with Crippen LogP contribution >= 0.6 is 11.8 Å². The third-order valence-electron chi connectivity index (χ3n) is 4.31. The molecule has 130 valence electrons. The van der Waals surface area contributed by atoms with E-state index in [1.54, 1.807) is 4.90 Å². The number of nitrogens with one attached hydrogen (secondary N) is 1. The molecule has 5 nitrogen and oxygen atoms in total. The highest BCUT2D eigenvalue weighted by Crippen LogP contribution is 2.37. The van der Waals surface area contributed by atoms with E-state index in [-0.39, 0.29) is 24.9 Å². The monoisotopic (exact) mass is 347 g/mol. The van der Waals surface area contributed by atoms with Crippen molar-refractivity contribution in [1.82, 2.24) is 10.2 Å². The third kappa shape index (κ3) is 4.51. The summed E-state index contributed by atoms with van der Waals surface area (Å²) in [7, 11) is 1.82. The Labute approximate surface area is 147 Å². The molecule has 1 saturated carbocycles. The summed E-state index contributed by atoms with van der Waals surface area (Å²) in [5.41, 5.74) is 0.993. The smallest absolute Gasteiger partial charge is 0.241 e. The summed E-state index contributed by atoms with van der Waals surface area (Å²) < 4.78 is 0. The minimum absolute atomic E-state index is 0.00763. The standard InChI is InChI=1S/C18H25N3O2S/c1-13-9-10-21(15-5-3-4-6-16(15)24-13)18(23)12-20(2)11-17(22)19-14-7-8-14/h3-6,13-14H,7-12H2,1-2H3,(H,19,22)/t13-/m0/s1. The van der Waals surface area contributed by atoms with E-state index in [0.29, 0.717) is 11.3 Å². The molecule has 0 unspecified atom stereocenters. The fourth-order valence-corrected chi connectivity index (χ4v) is 3.98. The van der Waals surface area contributed by atoms with E-state index in [4.69, 9.17) is 0 Å². The number of fused-ring (bicyclic) bond motifs is 1. The summed E-state index contributed by atoms with van der Waals surface area (Å²) in [4.78, 5) is 29.5. The first-order chi connectivity index (χ1) is 11.5. The highest BCUT2D eigenvalue weighted by atomic mass is 32.2. The molecule has 1 heterocycles. The molecule has 3 rings (SSSR count). The summed E-state index contributed by atoms with van der Waals surface area (Å²) in [5.74, 6) is 0.0621. The second kappa shape index (κ2) is 7.57. The molecule has 0 spiro atoms. The van der Waals surface area contributed by atoms with Gasteiger partial charge in [-0.15, -0.1) is 11.8 Å². The van der Waals surface area contributed by atoms with Gasteiger partial charge in [-0.05, 0) is 38.4 Å². The third-order valence-corrected chi connectivity index (χ3v) is 5.54. The van der Waals surface area contributed by atoms with Crippen LogP contribution in [0.1, 0.15) is 26.2 Å². The van der Waals surface area contributed by atoms with Crippen LogP contribution in [-0.2, 0) is 9.59 Å². The zero-order valence-electron chi connectivity index (χ0n) is 14.3. The van der Waals surface area contributed by atoms with Crippen LogP contribution in [0.25, 0.3) is 0 Å². The SMILES string of the molecule is C[C@H]1CCN(C(=O)CN(C)CC(=O)NC2CC2)c2ccccc2S1. The lowest BCUT2D eigenvalue weighted by atomic mass is 10.2. The number of para-hydroxylation sites is 1. The molecule has 1 aromatic carbocycles. The number of likely N-dealkylation sites (N-methyl/N-ethyl adjacent to an activating group) is 1. The molecule has 0 saturated heterocycles. The van der Waals surface area contributed by atoms with Crippen molar-refractivity contribution in [2.75, 3.05) is 31.6 Å². The minimum Gasteiger partial charge on any atom is -0.352 e. The molecule has 2 aliphatic rings. The van der Waals surface area contributed by atoms with Gasteiger partial charge in [-0.25, -0.2) is 0 Å². The number of hydrogen-bond acceptors (Lipinski definition) is 4. The molecule has 0 radical (unpaired) electrons. The Morgan fingerprint density at radius 2 is 2.00 bits per heavy atom. The van der Waals surface area contributed by atoms with Gasteiger partial charge < -0.3 is 10.2 Å². The molecule has 1 aliphatic heterocycles. The number of rotatable bonds is 5. The fourth-order valence-electron chi connectivity index (χ4n) is 2.86. The average molecular weight is 347 g/mol. The van der Waals surface area contributed by atoms with Gasteiger partial charge in [0.2, 0.25) is 11.8 Å². The van der Waals surface area contributed by atoms with Crippen LogP contribution in [-0.4, -0.2) is 54.7 Å². The maximum absolute atomic E-state index is 12.8. The number of amides is 2. The zero-order chi connectivity index (χ0) is 17.1. The first-order valence-electron chi connectivity index (χ1n) is 8.57. The van der Waals surface area contributed by atoms with Crippen molar-refractivity contribution < 1.29 is 9.59 Å². The van der Waals surface area contributed by atoms with Gasteiger partial charge >= 0.3 is 0 Å². The Morgan fingerprint density at radius 1 is 1.25 bits per heavy atom. The molecular weight excluding hydrogens is 322 g/mol.